The van der Waals surface area contributed by atoms with Gasteiger partial charge in [0.25, 0.3) is 5.91 Å². The van der Waals surface area contributed by atoms with Crippen LogP contribution >= 0.6 is 0 Å². The van der Waals surface area contributed by atoms with Crippen LogP contribution in [-0.4, -0.2) is 60.5 Å². The highest BCUT2D eigenvalue weighted by Crippen LogP contribution is 2.21. The van der Waals surface area contributed by atoms with Gasteiger partial charge in [-0.25, -0.2) is 14.4 Å². The number of amides is 1. The predicted octanol–water partition coefficient (Wildman–Crippen LogP) is 2.81. The molecule has 144 valence electrons. The van der Waals surface area contributed by atoms with Gasteiger partial charge in [0.05, 0.1) is 11.3 Å². The molecule has 1 saturated heterocycles. The lowest BCUT2D eigenvalue weighted by Crippen LogP contribution is -2.47. The number of carbonyl (C=O) groups is 1. The van der Waals surface area contributed by atoms with Crippen LogP contribution < -0.4 is 9.80 Å². The van der Waals surface area contributed by atoms with Crippen LogP contribution in [0.15, 0.2) is 36.7 Å². The standard InChI is InChI=1S/C20H26FN5O/c1-3-4-9-24(2)19(27)16-14-22-20(23-15-16)26-12-10-25(11-13-26)18-8-6-5-7-17(18)21/h5-8,14-15H,3-4,9-13H2,1-2H3. The smallest absolute Gasteiger partial charge is 0.256 e. The molecule has 2 heterocycles. The summed E-state index contributed by atoms with van der Waals surface area (Å²) in [7, 11) is 1.80. The second-order valence-electron chi connectivity index (χ2n) is 6.78. The van der Waals surface area contributed by atoms with E-state index in [2.05, 4.69) is 21.8 Å². The fourth-order valence-corrected chi connectivity index (χ4v) is 3.17. The first-order chi connectivity index (χ1) is 13.1. The number of anilines is 2. The van der Waals surface area contributed by atoms with E-state index in [4.69, 9.17) is 0 Å². The van der Waals surface area contributed by atoms with E-state index in [9.17, 15) is 9.18 Å². The van der Waals surface area contributed by atoms with E-state index in [1.807, 2.05) is 11.0 Å². The van der Waals surface area contributed by atoms with Gasteiger partial charge in [-0.2, -0.15) is 0 Å². The number of carbonyl (C=O) groups excluding carboxylic acids is 1. The van der Waals surface area contributed by atoms with E-state index >= 15 is 0 Å². The second-order valence-corrected chi connectivity index (χ2v) is 6.78. The van der Waals surface area contributed by atoms with Gasteiger partial charge in [-0.15, -0.1) is 0 Å². The Bertz CT molecular complexity index is 759. The van der Waals surface area contributed by atoms with Crippen LogP contribution in [0.3, 0.4) is 0 Å². The Hall–Kier alpha value is -2.70. The van der Waals surface area contributed by atoms with Gasteiger partial charge in [-0.1, -0.05) is 25.5 Å². The molecule has 0 saturated carbocycles. The van der Waals surface area contributed by atoms with Crippen LogP contribution in [0.5, 0.6) is 0 Å². The quantitative estimate of drug-likeness (QED) is 0.782. The van der Waals surface area contributed by atoms with Crippen LogP contribution in [0.2, 0.25) is 0 Å². The first kappa shape index (κ1) is 19.1. The van der Waals surface area contributed by atoms with Crippen molar-refractivity contribution in [1.29, 1.82) is 0 Å². The molecule has 7 heteroatoms. The van der Waals surface area contributed by atoms with E-state index in [1.54, 1.807) is 36.5 Å². The number of hydrogen-bond acceptors (Lipinski definition) is 5. The third-order valence-corrected chi connectivity index (χ3v) is 4.83. The lowest BCUT2D eigenvalue weighted by molar-refractivity contribution is 0.0792. The highest BCUT2D eigenvalue weighted by atomic mass is 19.1. The first-order valence-corrected chi connectivity index (χ1v) is 9.42. The van der Waals surface area contributed by atoms with E-state index in [1.165, 1.54) is 6.07 Å². The molecule has 0 N–H and O–H groups in total. The van der Waals surface area contributed by atoms with Crippen molar-refractivity contribution in [3.63, 3.8) is 0 Å². The maximum absolute atomic E-state index is 13.9. The zero-order valence-electron chi connectivity index (χ0n) is 15.9. The molecule has 1 aromatic heterocycles. The summed E-state index contributed by atoms with van der Waals surface area (Å²) >= 11 is 0. The lowest BCUT2D eigenvalue weighted by atomic mass is 10.2. The summed E-state index contributed by atoms with van der Waals surface area (Å²) < 4.78 is 13.9. The van der Waals surface area contributed by atoms with Gasteiger partial charge in [0, 0.05) is 52.2 Å². The molecule has 1 fully saturated rings. The highest BCUT2D eigenvalue weighted by Gasteiger charge is 2.21. The van der Waals surface area contributed by atoms with Gasteiger partial charge >= 0.3 is 0 Å². The monoisotopic (exact) mass is 371 g/mol. The Balaban J connectivity index is 1.59. The van der Waals surface area contributed by atoms with Crippen LogP contribution in [0.1, 0.15) is 30.1 Å². The largest absolute Gasteiger partial charge is 0.366 e. The predicted molar refractivity (Wildman–Crippen MR) is 105 cm³/mol. The van der Waals surface area contributed by atoms with Crippen molar-refractivity contribution in [2.45, 2.75) is 19.8 Å². The van der Waals surface area contributed by atoms with Crippen molar-refractivity contribution < 1.29 is 9.18 Å². The zero-order valence-corrected chi connectivity index (χ0v) is 15.9. The number of nitrogens with zero attached hydrogens (tertiary/aromatic N) is 5. The van der Waals surface area contributed by atoms with E-state index in [0.29, 0.717) is 43.4 Å². The fraction of sp³-hybridized carbons (Fsp3) is 0.450. The van der Waals surface area contributed by atoms with Gasteiger partial charge in [0.15, 0.2) is 0 Å². The summed E-state index contributed by atoms with van der Waals surface area (Å²) in [6.07, 6.45) is 5.21. The molecule has 1 amide bonds. The van der Waals surface area contributed by atoms with Crippen LogP contribution in [0.25, 0.3) is 0 Å². The summed E-state index contributed by atoms with van der Waals surface area (Å²) in [5, 5.41) is 0. The van der Waals surface area contributed by atoms with Gasteiger partial charge < -0.3 is 14.7 Å². The van der Waals surface area contributed by atoms with E-state index in [0.717, 1.165) is 19.4 Å². The number of piperazine rings is 1. The minimum atomic E-state index is -0.197. The molecule has 1 aliphatic rings. The number of benzene rings is 1. The molecule has 27 heavy (non-hydrogen) atoms. The number of rotatable bonds is 6. The minimum Gasteiger partial charge on any atom is -0.366 e. The Morgan fingerprint density at radius 1 is 1.11 bits per heavy atom. The zero-order chi connectivity index (χ0) is 19.2. The lowest BCUT2D eigenvalue weighted by Gasteiger charge is -2.36. The summed E-state index contributed by atoms with van der Waals surface area (Å²) in [6, 6.07) is 6.83. The summed E-state index contributed by atoms with van der Waals surface area (Å²) in [4.78, 5) is 26.9. The van der Waals surface area contributed by atoms with Crippen LogP contribution in [0, 0.1) is 5.82 Å². The number of hydrogen-bond donors (Lipinski definition) is 0. The number of para-hydroxylation sites is 1. The van der Waals surface area contributed by atoms with Crippen molar-refractivity contribution >= 4 is 17.5 Å². The van der Waals surface area contributed by atoms with Crippen molar-refractivity contribution in [1.82, 2.24) is 14.9 Å². The molecule has 0 spiro atoms. The average Bonchev–Trinajstić information content (AvgIpc) is 2.72. The number of halogens is 1. The Morgan fingerprint density at radius 2 is 1.74 bits per heavy atom. The molecule has 6 nitrogen and oxygen atoms in total. The topological polar surface area (TPSA) is 52.6 Å². The third-order valence-electron chi connectivity index (χ3n) is 4.83. The second kappa shape index (κ2) is 8.79. The molecular formula is C20H26FN5O. The maximum Gasteiger partial charge on any atom is 0.256 e. The summed E-state index contributed by atoms with van der Waals surface area (Å²) in [5.41, 5.74) is 1.14. The molecule has 0 bridgehead atoms. The Kier molecular flexibility index (Phi) is 6.21. The normalized spacial score (nSPS) is 14.3. The molecule has 3 rings (SSSR count). The van der Waals surface area contributed by atoms with Crippen molar-refractivity contribution in [2.75, 3.05) is 49.6 Å². The van der Waals surface area contributed by atoms with Crippen molar-refractivity contribution in [3.8, 4) is 0 Å². The highest BCUT2D eigenvalue weighted by molar-refractivity contribution is 5.93. The van der Waals surface area contributed by atoms with E-state index < -0.39 is 0 Å². The fourth-order valence-electron chi connectivity index (χ4n) is 3.17. The van der Waals surface area contributed by atoms with Gasteiger partial charge in [-0.05, 0) is 18.6 Å². The van der Waals surface area contributed by atoms with E-state index in [-0.39, 0.29) is 11.7 Å². The average molecular weight is 371 g/mol. The van der Waals surface area contributed by atoms with Crippen molar-refractivity contribution in [3.05, 3.63) is 48.0 Å². The van der Waals surface area contributed by atoms with Gasteiger partial charge in [0.2, 0.25) is 5.95 Å². The maximum atomic E-state index is 13.9. The Morgan fingerprint density at radius 3 is 2.37 bits per heavy atom. The van der Waals surface area contributed by atoms with Gasteiger partial charge in [-0.3, -0.25) is 4.79 Å². The summed E-state index contributed by atoms with van der Waals surface area (Å²) in [6.45, 7) is 5.64. The minimum absolute atomic E-state index is 0.0561. The van der Waals surface area contributed by atoms with Crippen LogP contribution in [-0.2, 0) is 0 Å². The summed E-state index contributed by atoms with van der Waals surface area (Å²) in [5.74, 6) is 0.354. The SMILES string of the molecule is CCCCN(C)C(=O)c1cnc(N2CCN(c3ccccc3F)CC2)nc1. The Labute approximate surface area is 159 Å². The molecule has 2 aromatic rings. The first-order valence-electron chi connectivity index (χ1n) is 9.42. The molecule has 0 radical (unpaired) electrons. The third kappa shape index (κ3) is 4.53. The number of unbranched alkanes of at least 4 members (excludes halogenated alkanes) is 1. The molecule has 0 aliphatic carbocycles. The number of aromatic nitrogens is 2. The van der Waals surface area contributed by atoms with Crippen LogP contribution in [0.4, 0.5) is 16.0 Å². The molecule has 0 atom stereocenters. The molecule has 0 unspecified atom stereocenters. The molecule has 1 aromatic carbocycles. The van der Waals surface area contributed by atoms with Gasteiger partial charge in [0.1, 0.15) is 5.82 Å². The molecular weight excluding hydrogens is 345 g/mol. The van der Waals surface area contributed by atoms with Crippen molar-refractivity contribution in [2.24, 2.45) is 0 Å². The molecule has 1 aliphatic heterocycles.